The number of nitrogens with zero attached hydrogens (tertiary/aromatic N) is 1. The predicted molar refractivity (Wildman–Crippen MR) is 115 cm³/mol. The average molecular weight is 408 g/mol. The zero-order valence-corrected chi connectivity index (χ0v) is 17.5. The molecule has 6 nitrogen and oxygen atoms in total. The van der Waals surface area contributed by atoms with Crippen molar-refractivity contribution in [2.24, 2.45) is 5.41 Å². The van der Waals surface area contributed by atoms with Crippen LogP contribution in [0, 0.1) is 5.41 Å². The lowest BCUT2D eigenvalue weighted by molar-refractivity contribution is -0.158. The lowest BCUT2D eigenvalue weighted by Crippen LogP contribution is -2.52. The first kappa shape index (κ1) is 21.6. The summed E-state index contributed by atoms with van der Waals surface area (Å²) >= 11 is 0. The van der Waals surface area contributed by atoms with Gasteiger partial charge >= 0.3 is 12.0 Å². The van der Waals surface area contributed by atoms with E-state index in [0.717, 1.165) is 5.56 Å². The molecule has 0 unspecified atom stereocenters. The number of Topliss-reactive ketones (excluding diaryl/α,β-unsaturated/α-hetero) is 1. The molecule has 1 atom stereocenters. The number of urea groups is 1. The first-order valence-electron chi connectivity index (χ1n) is 10.3. The highest BCUT2D eigenvalue weighted by Crippen LogP contribution is 2.35. The van der Waals surface area contributed by atoms with Crippen LogP contribution in [-0.4, -0.2) is 42.4 Å². The van der Waals surface area contributed by atoms with E-state index in [1.807, 2.05) is 30.3 Å². The number of nitrogens with one attached hydrogen (secondary N) is 1. The van der Waals surface area contributed by atoms with Gasteiger partial charge in [-0.1, -0.05) is 42.5 Å². The van der Waals surface area contributed by atoms with Crippen LogP contribution in [-0.2, 0) is 16.0 Å². The maximum absolute atomic E-state index is 13.0. The molecule has 0 radical (unpaired) electrons. The fraction of sp³-hybridized carbons (Fsp3) is 0.375. The average Bonchev–Trinajstić information content (AvgIpc) is 2.75. The SMILES string of the molecule is CCOC(=O)[C@@]1(Cc2ccccc2)CCCN(C(=O)Nc2cccc(C(C)=O)c2)C1. The van der Waals surface area contributed by atoms with Gasteiger partial charge in [-0.15, -0.1) is 0 Å². The Kier molecular flexibility index (Phi) is 6.87. The van der Waals surface area contributed by atoms with Gasteiger partial charge in [-0.05, 0) is 50.8 Å². The molecular weight excluding hydrogens is 380 g/mol. The molecule has 158 valence electrons. The minimum absolute atomic E-state index is 0.0618. The molecule has 0 aromatic heterocycles. The summed E-state index contributed by atoms with van der Waals surface area (Å²) < 4.78 is 5.41. The molecule has 0 saturated carbocycles. The summed E-state index contributed by atoms with van der Waals surface area (Å²) in [5, 5.41) is 2.86. The molecule has 2 aromatic rings. The van der Waals surface area contributed by atoms with Crippen LogP contribution in [0.15, 0.2) is 54.6 Å². The van der Waals surface area contributed by atoms with Gasteiger partial charge in [-0.25, -0.2) is 4.79 Å². The number of likely N-dealkylation sites (tertiary alicyclic amines) is 1. The van der Waals surface area contributed by atoms with Crippen LogP contribution in [0.4, 0.5) is 10.5 Å². The van der Waals surface area contributed by atoms with E-state index < -0.39 is 5.41 Å². The van der Waals surface area contributed by atoms with E-state index in [2.05, 4.69) is 5.32 Å². The lowest BCUT2D eigenvalue weighted by Gasteiger charge is -2.41. The van der Waals surface area contributed by atoms with Gasteiger partial charge < -0.3 is 15.0 Å². The molecule has 1 fully saturated rings. The summed E-state index contributed by atoms with van der Waals surface area (Å²) in [5.41, 5.74) is 1.37. The molecule has 6 heteroatoms. The van der Waals surface area contributed by atoms with Crippen LogP contribution >= 0.6 is 0 Å². The van der Waals surface area contributed by atoms with Crippen molar-refractivity contribution in [3.8, 4) is 0 Å². The molecule has 0 bridgehead atoms. The van der Waals surface area contributed by atoms with Gasteiger partial charge in [-0.2, -0.15) is 0 Å². The van der Waals surface area contributed by atoms with Crippen LogP contribution < -0.4 is 5.32 Å². The zero-order valence-electron chi connectivity index (χ0n) is 17.5. The van der Waals surface area contributed by atoms with E-state index in [-0.39, 0.29) is 17.8 Å². The molecule has 3 rings (SSSR count). The maximum Gasteiger partial charge on any atom is 0.321 e. The summed E-state index contributed by atoms with van der Waals surface area (Å²) in [6.45, 7) is 4.44. The Hall–Kier alpha value is -3.15. The Morgan fingerprint density at radius 3 is 2.57 bits per heavy atom. The summed E-state index contributed by atoms with van der Waals surface area (Å²) in [4.78, 5) is 39.2. The number of hydrogen-bond acceptors (Lipinski definition) is 4. The number of anilines is 1. The number of rotatable bonds is 6. The molecule has 30 heavy (non-hydrogen) atoms. The van der Waals surface area contributed by atoms with Crippen molar-refractivity contribution in [3.05, 3.63) is 65.7 Å². The smallest absolute Gasteiger partial charge is 0.321 e. The van der Waals surface area contributed by atoms with Crippen molar-refractivity contribution in [1.29, 1.82) is 0 Å². The Labute approximate surface area is 177 Å². The maximum atomic E-state index is 13.0. The predicted octanol–water partition coefficient (Wildman–Crippen LogP) is 4.31. The standard InChI is InChI=1S/C24H28N2O4/c1-3-30-22(28)24(16-19-9-5-4-6-10-19)13-8-14-26(17-24)23(29)25-21-12-7-11-20(15-21)18(2)27/h4-7,9-12,15H,3,8,13-14,16-17H2,1-2H3,(H,25,29)/t24-/m1/s1. The number of piperidine rings is 1. The largest absolute Gasteiger partial charge is 0.466 e. The molecule has 1 heterocycles. The molecule has 2 amide bonds. The van der Waals surface area contributed by atoms with Gasteiger partial charge in [-0.3, -0.25) is 9.59 Å². The molecular formula is C24H28N2O4. The first-order valence-corrected chi connectivity index (χ1v) is 10.3. The zero-order chi connectivity index (χ0) is 21.6. The summed E-state index contributed by atoms with van der Waals surface area (Å²) in [7, 11) is 0. The highest BCUT2D eigenvalue weighted by atomic mass is 16.5. The molecule has 2 aromatic carbocycles. The molecule has 1 aliphatic rings. The molecule has 0 spiro atoms. The molecule has 1 aliphatic heterocycles. The van der Waals surface area contributed by atoms with Crippen molar-refractivity contribution < 1.29 is 19.1 Å². The van der Waals surface area contributed by atoms with Crippen molar-refractivity contribution >= 4 is 23.5 Å². The highest BCUT2D eigenvalue weighted by Gasteiger charge is 2.44. The number of carbonyl (C=O) groups is 3. The van der Waals surface area contributed by atoms with Gasteiger partial charge in [0.1, 0.15) is 0 Å². The van der Waals surface area contributed by atoms with Gasteiger partial charge in [0.15, 0.2) is 5.78 Å². The third-order valence-electron chi connectivity index (χ3n) is 5.48. The fourth-order valence-corrected chi connectivity index (χ4v) is 3.98. The lowest BCUT2D eigenvalue weighted by atomic mass is 9.75. The number of esters is 1. The van der Waals surface area contributed by atoms with Crippen LogP contribution in [0.1, 0.15) is 42.6 Å². The minimum atomic E-state index is -0.770. The Morgan fingerprint density at radius 1 is 1.10 bits per heavy atom. The summed E-state index contributed by atoms with van der Waals surface area (Å²) in [6.07, 6.45) is 1.91. The quantitative estimate of drug-likeness (QED) is 0.571. The van der Waals surface area contributed by atoms with Crippen molar-refractivity contribution in [1.82, 2.24) is 4.90 Å². The van der Waals surface area contributed by atoms with Gasteiger partial charge in [0.2, 0.25) is 0 Å². The number of carbonyl (C=O) groups excluding carboxylic acids is 3. The van der Waals surface area contributed by atoms with E-state index >= 15 is 0 Å². The van der Waals surface area contributed by atoms with Crippen molar-refractivity contribution in [3.63, 3.8) is 0 Å². The molecule has 1 saturated heterocycles. The van der Waals surface area contributed by atoms with E-state index in [9.17, 15) is 14.4 Å². The number of benzene rings is 2. The molecule has 0 aliphatic carbocycles. The minimum Gasteiger partial charge on any atom is -0.466 e. The van der Waals surface area contributed by atoms with Crippen LogP contribution in [0.3, 0.4) is 0 Å². The summed E-state index contributed by atoms with van der Waals surface area (Å²) in [5.74, 6) is -0.321. The Morgan fingerprint density at radius 2 is 1.87 bits per heavy atom. The van der Waals surface area contributed by atoms with Crippen LogP contribution in [0.2, 0.25) is 0 Å². The summed E-state index contributed by atoms with van der Waals surface area (Å²) in [6, 6.07) is 16.4. The second-order valence-electron chi connectivity index (χ2n) is 7.76. The van der Waals surface area contributed by atoms with Crippen LogP contribution in [0.5, 0.6) is 0 Å². The molecule has 1 N–H and O–H groups in total. The van der Waals surface area contributed by atoms with Gasteiger partial charge in [0.05, 0.1) is 12.0 Å². The number of amides is 2. The second kappa shape index (κ2) is 9.57. The second-order valence-corrected chi connectivity index (χ2v) is 7.76. The number of ketones is 1. The third-order valence-corrected chi connectivity index (χ3v) is 5.48. The van der Waals surface area contributed by atoms with E-state index in [4.69, 9.17) is 4.74 Å². The highest BCUT2D eigenvalue weighted by molar-refractivity contribution is 5.96. The Balaban J connectivity index is 1.79. The van der Waals surface area contributed by atoms with E-state index in [1.54, 1.807) is 36.1 Å². The van der Waals surface area contributed by atoms with Gasteiger partial charge in [0.25, 0.3) is 0 Å². The monoisotopic (exact) mass is 408 g/mol. The van der Waals surface area contributed by atoms with Crippen molar-refractivity contribution in [2.75, 3.05) is 25.0 Å². The number of hydrogen-bond donors (Lipinski definition) is 1. The first-order chi connectivity index (χ1) is 14.4. The van der Waals surface area contributed by atoms with Crippen LogP contribution in [0.25, 0.3) is 0 Å². The topological polar surface area (TPSA) is 75.7 Å². The van der Waals surface area contributed by atoms with Gasteiger partial charge in [0, 0.05) is 24.3 Å². The van der Waals surface area contributed by atoms with E-state index in [1.165, 1.54) is 6.92 Å². The van der Waals surface area contributed by atoms with Crippen molar-refractivity contribution in [2.45, 2.75) is 33.1 Å². The van der Waals surface area contributed by atoms with E-state index in [0.29, 0.717) is 50.2 Å². The Bertz CT molecular complexity index is 912. The normalized spacial score (nSPS) is 18.5. The third kappa shape index (κ3) is 5.06. The number of ether oxygens (including phenoxy) is 1. The fourth-order valence-electron chi connectivity index (χ4n) is 3.98.